The Morgan fingerprint density at radius 1 is 1.08 bits per heavy atom. The summed E-state index contributed by atoms with van der Waals surface area (Å²) in [6, 6.07) is 3.38. The third-order valence-corrected chi connectivity index (χ3v) is 4.56. The molecule has 0 aliphatic carbocycles. The third-order valence-electron chi connectivity index (χ3n) is 3.63. The van der Waals surface area contributed by atoms with Gasteiger partial charge in [-0.3, -0.25) is 9.55 Å². The minimum atomic E-state index is -4.34. The monoisotopic (exact) mass is 363 g/mol. The molecule has 0 heterocycles. The molecule has 1 aromatic carbocycles. The second-order valence-electron chi connectivity index (χ2n) is 5.68. The molecule has 7 heteroatoms. The second-order valence-corrected chi connectivity index (χ2v) is 7.07. The van der Waals surface area contributed by atoms with Crippen molar-refractivity contribution in [3.8, 4) is 5.75 Å². The Bertz CT molecular complexity index is 603. The van der Waals surface area contributed by atoms with E-state index in [4.69, 9.17) is 4.55 Å². The molecule has 0 radical (unpaired) electrons. The molecule has 0 atom stereocenters. The van der Waals surface area contributed by atoms with Gasteiger partial charge in [0.1, 0.15) is 4.90 Å². The van der Waals surface area contributed by atoms with Gasteiger partial charge in [0.05, 0.1) is 0 Å². The molecule has 5 nitrogen and oxygen atoms in total. The molecule has 24 heavy (non-hydrogen) atoms. The van der Waals surface area contributed by atoms with E-state index >= 15 is 0 Å². The van der Waals surface area contributed by atoms with Crippen molar-refractivity contribution in [1.29, 1.82) is 0 Å². The van der Waals surface area contributed by atoms with Crippen molar-refractivity contribution in [1.82, 2.24) is 0 Å². The van der Waals surface area contributed by atoms with Gasteiger partial charge < -0.3 is 5.11 Å². The number of nitrogens with zero attached hydrogens (tertiary/aromatic N) is 1. The Hall–Kier alpha value is -0.400. The van der Waals surface area contributed by atoms with Crippen LogP contribution in [0.15, 0.2) is 28.1 Å². The molecular weight excluding hydrogens is 337 g/mol. The van der Waals surface area contributed by atoms with Crippen molar-refractivity contribution in [2.24, 2.45) is 4.99 Å². The first-order chi connectivity index (χ1) is 10.9. The van der Waals surface area contributed by atoms with Crippen LogP contribution in [0.25, 0.3) is 0 Å². The van der Waals surface area contributed by atoms with E-state index in [1.165, 1.54) is 50.8 Å². The van der Waals surface area contributed by atoms with E-state index in [1.54, 1.807) is 0 Å². The minimum Gasteiger partial charge on any atom is -0.872 e. The summed E-state index contributed by atoms with van der Waals surface area (Å²) in [7, 11) is -4.34. The van der Waals surface area contributed by atoms with Crippen molar-refractivity contribution in [2.45, 2.75) is 63.2 Å². The molecule has 130 valence electrons. The molecule has 0 unspecified atom stereocenters. The first-order valence-corrected chi connectivity index (χ1v) is 9.67. The van der Waals surface area contributed by atoms with Gasteiger partial charge in [0.2, 0.25) is 0 Å². The van der Waals surface area contributed by atoms with E-state index < -0.39 is 10.1 Å². The fourth-order valence-electron chi connectivity index (χ4n) is 2.36. The Morgan fingerprint density at radius 3 is 2.25 bits per heavy atom. The van der Waals surface area contributed by atoms with E-state index in [0.29, 0.717) is 6.54 Å². The van der Waals surface area contributed by atoms with Crippen LogP contribution >= 0.6 is 0 Å². The molecule has 0 spiro atoms. The van der Waals surface area contributed by atoms with Crippen LogP contribution in [0.4, 0.5) is 0 Å². The minimum absolute atomic E-state index is 0. The van der Waals surface area contributed by atoms with Crippen LogP contribution in [-0.2, 0) is 10.1 Å². The summed E-state index contributed by atoms with van der Waals surface area (Å²) in [5.41, 5.74) is 0.138. The fourth-order valence-corrected chi connectivity index (χ4v) is 3.01. The summed E-state index contributed by atoms with van der Waals surface area (Å²) in [6.07, 6.45) is 11.0. The Kier molecular flexibility index (Phi) is 12.7. The van der Waals surface area contributed by atoms with Gasteiger partial charge in [-0.25, -0.2) is 0 Å². The molecule has 0 fully saturated rings. The average molecular weight is 363 g/mol. The van der Waals surface area contributed by atoms with Gasteiger partial charge in [-0.2, -0.15) is 8.42 Å². The molecule has 1 rings (SSSR count). The Labute approximate surface area is 167 Å². The van der Waals surface area contributed by atoms with E-state index in [2.05, 4.69) is 11.9 Å². The number of unbranched alkanes of at least 4 members (excludes halogenated alkanes) is 7. The zero-order valence-electron chi connectivity index (χ0n) is 14.7. The number of aliphatic imine (C=N–C) groups is 1. The maximum absolute atomic E-state index is 11.3. The van der Waals surface area contributed by atoms with E-state index in [-0.39, 0.29) is 45.8 Å². The average Bonchev–Trinajstić information content (AvgIpc) is 2.48. The van der Waals surface area contributed by atoms with Crippen molar-refractivity contribution in [3.05, 3.63) is 23.8 Å². The maximum atomic E-state index is 11.3. The zero-order chi connectivity index (χ0) is 17.1. The SMILES string of the molecule is CCCCCCCCCCN=Cc1cc([O-])ccc1S(=O)(=O)O.[Na+]. The Balaban J connectivity index is 0.00000529. The van der Waals surface area contributed by atoms with Crippen LogP contribution in [-0.4, -0.2) is 25.7 Å². The van der Waals surface area contributed by atoms with Crippen LogP contribution in [0.3, 0.4) is 0 Å². The van der Waals surface area contributed by atoms with Gasteiger partial charge in [-0.05, 0) is 12.5 Å². The predicted octanol–water partition coefficient (Wildman–Crippen LogP) is 0.571. The van der Waals surface area contributed by atoms with Crippen LogP contribution in [0.2, 0.25) is 0 Å². The van der Waals surface area contributed by atoms with Crippen LogP contribution in [0.5, 0.6) is 5.75 Å². The predicted molar refractivity (Wildman–Crippen MR) is 90.8 cm³/mol. The zero-order valence-corrected chi connectivity index (χ0v) is 17.5. The normalized spacial score (nSPS) is 11.6. The summed E-state index contributed by atoms with van der Waals surface area (Å²) in [5.74, 6) is -0.314. The quantitative estimate of drug-likeness (QED) is 0.269. The van der Waals surface area contributed by atoms with Gasteiger partial charge in [0.15, 0.2) is 0 Å². The Morgan fingerprint density at radius 2 is 1.67 bits per heavy atom. The van der Waals surface area contributed by atoms with Gasteiger partial charge in [0, 0.05) is 18.3 Å². The molecule has 1 aromatic rings. The number of hydrogen-bond acceptors (Lipinski definition) is 4. The molecule has 0 aliphatic heterocycles. The standard InChI is InChI=1S/C17H27NO4S.Na/c1-2-3-4-5-6-7-8-9-12-18-14-15-13-16(19)10-11-17(15)23(20,21)22;/h10-11,13-14,19H,2-9,12H2,1H3,(H,20,21,22);/q;+1/p-1. The molecule has 0 amide bonds. The molecule has 0 saturated heterocycles. The topological polar surface area (TPSA) is 89.8 Å². The summed E-state index contributed by atoms with van der Waals surface area (Å²) >= 11 is 0. The van der Waals surface area contributed by atoms with Crippen LogP contribution in [0, 0.1) is 0 Å². The molecule has 1 N–H and O–H groups in total. The number of hydrogen-bond donors (Lipinski definition) is 1. The maximum Gasteiger partial charge on any atom is 1.00 e. The van der Waals surface area contributed by atoms with Gasteiger partial charge >= 0.3 is 29.6 Å². The van der Waals surface area contributed by atoms with E-state index in [9.17, 15) is 13.5 Å². The first-order valence-electron chi connectivity index (χ1n) is 8.23. The number of benzene rings is 1. The molecule has 0 aliphatic rings. The van der Waals surface area contributed by atoms with Crippen LogP contribution < -0.4 is 34.7 Å². The first kappa shape index (κ1) is 23.6. The molecule has 0 bridgehead atoms. The largest absolute Gasteiger partial charge is 1.00 e. The van der Waals surface area contributed by atoms with Gasteiger partial charge in [0.25, 0.3) is 10.1 Å². The molecular formula is C17H26NNaO4S. The summed E-state index contributed by atoms with van der Waals surface area (Å²) in [4.78, 5) is 3.88. The van der Waals surface area contributed by atoms with Crippen molar-refractivity contribution < 1.29 is 47.6 Å². The number of rotatable bonds is 11. The van der Waals surface area contributed by atoms with Crippen LogP contribution in [0.1, 0.15) is 63.9 Å². The molecule has 0 aromatic heterocycles. The smallest absolute Gasteiger partial charge is 0.872 e. The summed E-state index contributed by atoms with van der Waals surface area (Å²) in [5, 5.41) is 11.3. The van der Waals surface area contributed by atoms with E-state index in [0.717, 1.165) is 25.0 Å². The van der Waals surface area contributed by atoms with Gasteiger partial charge in [-0.15, -0.1) is 5.75 Å². The summed E-state index contributed by atoms with van der Waals surface area (Å²) < 4.78 is 31.6. The van der Waals surface area contributed by atoms with Crippen molar-refractivity contribution >= 4 is 16.3 Å². The molecule has 0 saturated carbocycles. The second kappa shape index (κ2) is 12.9. The van der Waals surface area contributed by atoms with Gasteiger partial charge in [-0.1, -0.05) is 64.0 Å². The van der Waals surface area contributed by atoms with Crippen molar-refractivity contribution in [2.75, 3.05) is 6.54 Å². The summed E-state index contributed by atoms with van der Waals surface area (Å²) in [6.45, 7) is 2.79. The fraction of sp³-hybridized carbons (Fsp3) is 0.588. The van der Waals surface area contributed by atoms with E-state index in [1.807, 2.05) is 0 Å². The third kappa shape index (κ3) is 9.79. The van der Waals surface area contributed by atoms with Crippen molar-refractivity contribution in [3.63, 3.8) is 0 Å².